The second-order valence-electron chi connectivity index (χ2n) is 16.7. The van der Waals surface area contributed by atoms with Gasteiger partial charge in [-0.25, -0.2) is 9.59 Å². The Hall–Kier alpha value is -5.22. The SMILES string of the molecule is COC(=O)CCCC(CCC1(CCN2CCC(N(C(=O)c3ccco3)c3ccc(C)cc3)CC2)CCCCC1)(COC(=O)c1ccccc1)COC(=O)c1ccccc1. The molecule has 1 aliphatic carbocycles. The van der Waals surface area contributed by atoms with E-state index < -0.39 is 17.4 Å². The average molecular weight is 805 g/mol. The number of amides is 1. The zero-order chi connectivity index (χ0) is 41.5. The van der Waals surface area contributed by atoms with Gasteiger partial charge in [0.15, 0.2) is 5.76 Å². The summed E-state index contributed by atoms with van der Waals surface area (Å²) in [4.78, 5) is 57.2. The van der Waals surface area contributed by atoms with Gasteiger partial charge in [0.05, 0.1) is 24.5 Å². The van der Waals surface area contributed by atoms with Gasteiger partial charge in [0.1, 0.15) is 13.2 Å². The maximum Gasteiger partial charge on any atom is 0.338 e. The fraction of sp³-hybridized carbons (Fsp3) is 0.469. The van der Waals surface area contributed by atoms with Crippen molar-refractivity contribution in [3.8, 4) is 0 Å². The Labute approximate surface area is 349 Å². The molecule has 2 aliphatic rings. The van der Waals surface area contributed by atoms with Crippen molar-refractivity contribution in [2.45, 2.75) is 96.4 Å². The first-order valence-electron chi connectivity index (χ1n) is 21.4. The fourth-order valence-electron chi connectivity index (χ4n) is 8.89. The second kappa shape index (κ2) is 21.2. The Kier molecular flexibility index (Phi) is 15.6. The lowest BCUT2D eigenvalue weighted by Gasteiger charge is -2.43. The van der Waals surface area contributed by atoms with Gasteiger partial charge in [0.25, 0.3) is 5.91 Å². The van der Waals surface area contributed by atoms with E-state index in [4.69, 9.17) is 18.6 Å². The lowest BCUT2D eigenvalue weighted by atomic mass is 9.65. The van der Waals surface area contributed by atoms with E-state index in [1.54, 1.807) is 66.9 Å². The van der Waals surface area contributed by atoms with Crippen molar-refractivity contribution in [1.29, 1.82) is 0 Å². The number of aryl methyl sites for hydroxylation is 1. The van der Waals surface area contributed by atoms with Crippen molar-refractivity contribution in [3.05, 3.63) is 126 Å². The Balaban J connectivity index is 1.16. The third-order valence-electron chi connectivity index (χ3n) is 12.6. The first-order valence-corrected chi connectivity index (χ1v) is 21.4. The van der Waals surface area contributed by atoms with E-state index in [0.29, 0.717) is 36.1 Å². The van der Waals surface area contributed by atoms with Crippen molar-refractivity contribution in [3.63, 3.8) is 0 Å². The number of piperidine rings is 1. The molecule has 0 radical (unpaired) electrons. The van der Waals surface area contributed by atoms with Crippen LogP contribution in [0.3, 0.4) is 0 Å². The molecule has 0 spiro atoms. The molecule has 0 N–H and O–H groups in total. The monoisotopic (exact) mass is 804 g/mol. The van der Waals surface area contributed by atoms with E-state index in [1.807, 2.05) is 48.2 Å². The Morgan fingerprint density at radius 1 is 0.763 bits per heavy atom. The molecule has 3 aromatic carbocycles. The van der Waals surface area contributed by atoms with E-state index in [2.05, 4.69) is 4.90 Å². The van der Waals surface area contributed by atoms with Gasteiger partial charge in [-0.2, -0.15) is 0 Å². The minimum Gasteiger partial charge on any atom is -0.469 e. The van der Waals surface area contributed by atoms with Crippen LogP contribution in [0.2, 0.25) is 0 Å². The predicted molar refractivity (Wildman–Crippen MR) is 227 cm³/mol. The molecule has 1 aromatic heterocycles. The zero-order valence-corrected chi connectivity index (χ0v) is 34.8. The summed E-state index contributed by atoms with van der Waals surface area (Å²) in [7, 11) is 1.38. The standard InChI is InChI=1S/C49H60N2O8/c1-38-20-22-41(23-21-38)51(45(53)43-18-13-35-57-43)42-24-32-50(33-25-42)34-31-48(26-10-5-11-27-48)29-30-49(28-12-19-44(52)56-2,36-58-46(54)39-14-6-3-7-15-39)37-59-47(55)40-16-8-4-9-17-40/h3-4,6-9,13-18,20-23,35,42H,5,10-12,19,24-34,36-37H2,1-2H3. The van der Waals surface area contributed by atoms with Crippen LogP contribution < -0.4 is 4.90 Å². The van der Waals surface area contributed by atoms with Gasteiger partial charge in [0.2, 0.25) is 0 Å². The van der Waals surface area contributed by atoms with E-state index in [0.717, 1.165) is 82.3 Å². The smallest absolute Gasteiger partial charge is 0.338 e. The summed E-state index contributed by atoms with van der Waals surface area (Å²) in [6, 6.07) is 29.5. The highest BCUT2D eigenvalue weighted by molar-refractivity contribution is 6.04. The van der Waals surface area contributed by atoms with Crippen LogP contribution in [0.1, 0.15) is 120 Å². The number of carbonyl (C=O) groups is 4. The van der Waals surface area contributed by atoms with E-state index in [1.165, 1.54) is 13.5 Å². The molecule has 314 valence electrons. The van der Waals surface area contributed by atoms with Gasteiger partial charge in [-0.3, -0.25) is 9.59 Å². The van der Waals surface area contributed by atoms with Crippen molar-refractivity contribution in [2.24, 2.45) is 10.8 Å². The largest absolute Gasteiger partial charge is 0.469 e. The normalized spacial score (nSPS) is 15.9. The summed E-state index contributed by atoms with van der Waals surface area (Å²) in [5, 5.41) is 0. The molecule has 2 fully saturated rings. The van der Waals surface area contributed by atoms with Gasteiger partial charge in [0, 0.05) is 36.7 Å². The molecular weight excluding hydrogens is 745 g/mol. The van der Waals surface area contributed by atoms with E-state index >= 15 is 0 Å². The van der Waals surface area contributed by atoms with Crippen LogP contribution in [-0.2, 0) is 19.0 Å². The molecule has 0 unspecified atom stereocenters. The number of carbonyl (C=O) groups excluding carboxylic acids is 4. The van der Waals surface area contributed by atoms with Crippen LogP contribution in [0.5, 0.6) is 0 Å². The maximum atomic E-state index is 13.8. The Bertz CT molecular complexity index is 1860. The lowest BCUT2D eigenvalue weighted by Crippen LogP contribution is -2.48. The van der Waals surface area contributed by atoms with Gasteiger partial charge in [-0.05, 0) is 125 Å². The van der Waals surface area contributed by atoms with Gasteiger partial charge in [-0.15, -0.1) is 0 Å². The number of anilines is 1. The molecule has 2 heterocycles. The molecule has 6 rings (SSSR count). The predicted octanol–water partition coefficient (Wildman–Crippen LogP) is 9.86. The Morgan fingerprint density at radius 2 is 1.37 bits per heavy atom. The van der Waals surface area contributed by atoms with Crippen molar-refractivity contribution in [2.75, 3.05) is 44.9 Å². The number of esters is 3. The highest BCUT2D eigenvalue weighted by Gasteiger charge is 2.40. The van der Waals surface area contributed by atoms with E-state index in [9.17, 15) is 19.2 Å². The molecule has 0 atom stereocenters. The second-order valence-corrected chi connectivity index (χ2v) is 16.7. The first-order chi connectivity index (χ1) is 28.7. The number of hydrogen-bond acceptors (Lipinski definition) is 9. The maximum absolute atomic E-state index is 13.8. The van der Waals surface area contributed by atoms with Crippen LogP contribution in [0.4, 0.5) is 5.69 Å². The number of ether oxygens (including phenoxy) is 3. The quantitative estimate of drug-likeness (QED) is 0.0675. The van der Waals surface area contributed by atoms with Crippen LogP contribution in [0.15, 0.2) is 108 Å². The summed E-state index contributed by atoms with van der Waals surface area (Å²) < 4.78 is 22.7. The molecule has 0 bridgehead atoms. The van der Waals surface area contributed by atoms with Crippen molar-refractivity contribution < 1.29 is 37.8 Å². The third-order valence-corrected chi connectivity index (χ3v) is 12.6. The summed E-state index contributed by atoms with van der Waals surface area (Å²) in [6.07, 6.45) is 12.8. The molecule has 1 amide bonds. The lowest BCUT2D eigenvalue weighted by molar-refractivity contribution is -0.141. The highest BCUT2D eigenvalue weighted by Crippen LogP contribution is 2.47. The molecule has 4 aromatic rings. The van der Waals surface area contributed by atoms with Gasteiger partial charge < -0.3 is 28.4 Å². The summed E-state index contributed by atoms with van der Waals surface area (Å²) >= 11 is 0. The number of nitrogens with zero attached hydrogens (tertiary/aromatic N) is 2. The number of likely N-dealkylation sites (tertiary alicyclic amines) is 1. The summed E-state index contributed by atoms with van der Waals surface area (Å²) in [5.74, 6) is -0.933. The van der Waals surface area contributed by atoms with Gasteiger partial charge in [-0.1, -0.05) is 73.4 Å². The summed E-state index contributed by atoms with van der Waals surface area (Å²) in [5.41, 5.74) is 2.29. The number of hydrogen-bond donors (Lipinski definition) is 0. The molecule has 10 heteroatoms. The highest BCUT2D eigenvalue weighted by atomic mass is 16.5. The fourth-order valence-corrected chi connectivity index (χ4v) is 8.89. The number of benzene rings is 3. The van der Waals surface area contributed by atoms with Crippen LogP contribution >= 0.6 is 0 Å². The first kappa shape index (κ1) is 43.4. The minimum absolute atomic E-state index is 0.0537. The molecule has 10 nitrogen and oxygen atoms in total. The van der Waals surface area contributed by atoms with Crippen LogP contribution in [0, 0.1) is 17.8 Å². The number of rotatable bonds is 19. The van der Waals surface area contributed by atoms with Crippen molar-refractivity contribution >= 4 is 29.5 Å². The van der Waals surface area contributed by atoms with Crippen molar-refractivity contribution in [1.82, 2.24) is 4.90 Å². The van der Waals surface area contributed by atoms with Crippen LogP contribution in [-0.4, -0.2) is 74.7 Å². The average Bonchev–Trinajstić information content (AvgIpc) is 3.83. The minimum atomic E-state index is -0.717. The number of methoxy groups -OCH3 is 1. The number of furan rings is 1. The molecule has 59 heavy (non-hydrogen) atoms. The third kappa shape index (κ3) is 12.2. The Morgan fingerprint density at radius 3 is 1.93 bits per heavy atom. The molecular formula is C49H60N2O8. The van der Waals surface area contributed by atoms with E-state index in [-0.39, 0.29) is 43.0 Å². The van der Waals surface area contributed by atoms with Crippen LogP contribution in [0.25, 0.3) is 0 Å². The topological polar surface area (TPSA) is 116 Å². The molecule has 1 saturated heterocycles. The molecule has 1 saturated carbocycles. The summed E-state index contributed by atoms with van der Waals surface area (Å²) in [6.45, 7) is 4.88. The zero-order valence-electron chi connectivity index (χ0n) is 34.8. The molecule has 1 aliphatic heterocycles. The van der Waals surface area contributed by atoms with Gasteiger partial charge >= 0.3 is 17.9 Å².